The maximum atomic E-state index is 9.39. The summed E-state index contributed by atoms with van der Waals surface area (Å²) in [6.45, 7) is 13.7. The van der Waals surface area contributed by atoms with Gasteiger partial charge in [-0.3, -0.25) is 0 Å². The second kappa shape index (κ2) is 10.2. The maximum Gasteiger partial charge on any atom is 0.0991 e. The molecule has 2 nitrogen and oxygen atoms in total. The highest BCUT2D eigenvalue weighted by molar-refractivity contribution is 5.65. The summed E-state index contributed by atoms with van der Waals surface area (Å²) >= 11 is 0. The van der Waals surface area contributed by atoms with Crippen LogP contribution in [-0.4, -0.2) is 18.0 Å². The lowest BCUT2D eigenvalue weighted by Gasteiger charge is -2.35. The molecule has 4 rings (SSSR count). The number of hydrogen-bond donors (Lipinski definition) is 0. The molecule has 1 saturated heterocycles. The van der Waals surface area contributed by atoms with Gasteiger partial charge in [-0.2, -0.15) is 5.26 Å². The molecule has 2 fully saturated rings. The lowest BCUT2D eigenvalue weighted by molar-refractivity contribution is 0.239. The molecule has 2 aliphatic rings. The lowest BCUT2D eigenvalue weighted by atomic mass is 9.84. The molecule has 0 spiro atoms. The quantitative estimate of drug-likeness (QED) is 0.402. The van der Waals surface area contributed by atoms with Crippen LogP contribution in [0, 0.1) is 29.1 Å². The molecule has 1 saturated carbocycles. The zero-order chi connectivity index (χ0) is 23.4. The SMILES string of the molecule is C=C(c1ccccc1CC)N1CCC(CCC2C(C)C2(CCC)c2cccc(C#N)c2)CC1. The largest absolute Gasteiger partial charge is 0.372 e. The van der Waals surface area contributed by atoms with Gasteiger partial charge in [-0.1, -0.05) is 76.6 Å². The van der Waals surface area contributed by atoms with Gasteiger partial charge in [0.25, 0.3) is 0 Å². The highest BCUT2D eigenvalue weighted by atomic mass is 15.1. The molecule has 0 amide bonds. The molecule has 0 radical (unpaired) electrons. The van der Waals surface area contributed by atoms with Crippen LogP contribution < -0.4 is 0 Å². The number of aryl methyl sites for hydroxylation is 1. The number of rotatable bonds is 9. The van der Waals surface area contributed by atoms with Gasteiger partial charge in [0.15, 0.2) is 0 Å². The van der Waals surface area contributed by atoms with Crippen LogP contribution in [0.3, 0.4) is 0 Å². The van der Waals surface area contributed by atoms with Crippen LogP contribution in [0.2, 0.25) is 0 Å². The molecular weight excluding hydrogens is 400 g/mol. The Bertz CT molecular complexity index is 1010. The minimum Gasteiger partial charge on any atom is -0.372 e. The van der Waals surface area contributed by atoms with Crippen molar-refractivity contribution in [1.29, 1.82) is 5.26 Å². The first-order chi connectivity index (χ1) is 16.0. The van der Waals surface area contributed by atoms with Gasteiger partial charge >= 0.3 is 0 Å². The fraction of sp³-hybridized carbons (Fsp3) is 0.516. The number of likely N-dealkylation sites (tertiary alicyclic amines) is 1. The standard InChI is InChI=1S/C31H40N2/c1-5-18-31(28-12-9-10-26(21-28)22-32)23(3)30(31)15-14-25-16-19-33(20-17-25)24(4)29-13-8-7-11-27(29)6-2/h7-13,21,23,25,30H,4-6,14-20H2,1-3H3. The first kappa shape index (κ1) is 23.6. The molecule has 174 valence electrons. The Balaban J connectivity index is 1.34. The predicted octanol–water partition coefficient (Wildman–Crippen LogP) is 7.59. The molecule has 2 aromatic rings. The van der Waals surface area contributed by atoms with E-state index in [1.54, 1.807) is 0 Å². The minimum absolute atomic E-state index is 0.292. The van der Waals surface area contributed by atoms with Crippen LogP contribution in [0.4, 0.5) is 0 Å². The molecule has 0 N–H and O–H groups in total. The van der Waals surface area contributed by atoms with Crippen molar-refractivity contribution < 1.29 is 0 Å². The molecule has 3 unspecified atom stereocenters. The van der Waals surface area contributed by atoms with Crippen LogP contribution in [-0.2, 0) is 11.8 Å². The van der Waals surface area contributed by atoms with Gasteiger partial charge in [-0.15, -0.1) is 0 Å². The van der Waals surface area contributed by atoms with Crippen molar-refractivity contribution in [1.82, 2.24) is 4.90 Å². The normalized spacial score (nSPS) is 25.0. The molecule has 3 atom stereocenters. The molecule has 33 heavy (non-hydrogen) atoms. The van der Waals surface area contributed by atoms with Gasteiger partial charge in [0.2, 0.25) is 0 Å². The number of hydrogen-bond acceptors (Lipinski definition) is 2. The topological polar surface area (TPSA) is 27.0 Å². The van der Waals surface area contributed by atoms with Gasteiger partial charge in [0, 0.05) is 29.8 Å². The van der Waals surface area contributed by atoms with Crippen LogP contribution in [0.1, 0.15) is 81.5 Å². The molecule has 2 aromatic carbocycles. The van der Waals surface area contributed by atoms with Crippen LogP contribution >= 0.6 is 0 Å². The Labute approximate surface area is 201 Å². The van der Waals surface area contributed by atoms with Crippen LogP contribution in [0.25, 0.3) is 5.70 Å². The van der Waals surface area contributed by atoms with Gasteiger partial charge in [0.1, 0.15) is 0 Å². The highest BCUT2D eigenvalue weighted by Gasteiger charge is 2.61. The van der Waals surface area contributed by atoms with E-state index in [-0.39, 0.29) is 0 Å². The molecule has 2 heteroatoms. The van der Waals surface area contributed by atoms with E-state index in [1.165, 1.54) is 60.9 Å². The summed E-state index contributed by atoms with van der Waals surface area (Å²) in [6, 6.07) is 19.5. The van der Waals surface area contributed by atoms with Crippen molar-refractivity contribution in [2.45, 2.75) is 71.1 Å². The van der Waals surface area contributed by atoms with Crippen LogP contribution in [0.5, 0.6) is 0 Å². The number of benzene rings is 2. The van der Waals surface area contributed by atoms with Gasteiger partial charge in [0.05, 0.1) is 11.6 Å². The van der Waals surface area contributed by atoms with E-state index in [0.29, 0.717) is 5.41 Å². The summed E-state index contributed by atoms with van der Waals surface area (Å²) in [6.07, 6.45) is 8.72. The summed E-state index contributed by atoms with van der Waals surface area (Å²) in [7, 11) is 0. The van der Waals surface area contributed by atoms with Crippen molar-refractivity contribution in [3.05, 3.63) is 77.4 Å². The predicted molar refractivity (Wildman–Crippen MR) is 139 cm³/mol. The highest BCUT2D eigenvalue weighted by Crippen LogP contribution is 2.64. The van der Waals surface area contributed by atoms with E-state index in [9.17, 15) is 5.26 Å². The third-order valence-electron chi connectivity index (χ3n) is 8.75. The Kier molecular flexibility index (Phi) is 7.28. The Hall–Kier alpha value is -2.53. The fourth-order valence-corrected chi connectivity index (χ4v) is 6.75. The van der Waals surface area contributed by atoms with Crippen molar-refractivity contribution in [2.75, 3.05) is 13.1 Å². The van der Waals surface area contributed by atoms with E-state index in [0.717, 1.165) is 42.8 Å². The van der Waals surface area contributed by atoms with Crippen LogP contribution in [0.15, 0.2) is 55.1 Å². The third-order valence-corrected chi connectivity index (χ3v) is 8.75. The first-order valence-electron chi connectivity index (χ1n) is 13.1. The monoisotopic (exact) mass is 440 g/mol. The summed E-state index contributed by atoms with van der Waals surface area (Å²) in [5.74, 6) is 2.31. The number of nitriles is 1. The molecule has 0 aromatic heterocycles. The summed E-state index contributed by atoms with van der Waals surface area (Å²) in [4.78, 5) is 2.51. The van der Waals surface area contributed by atoms with E-state index >= 15 is 0 Å². The molecule has 0 bridgehead atoms. The smallest absolute Gasteiger partial charge is 0.0991 e. The van der Waals surface area contributed by atoms with Crippen molar-refractivity contribution in [3.8, 4) is 6.07 Å². The molecule has 1 heterocycles. The van der Waals surface area contributed by atoms with Gasteiger partial charge in [-0.25, -0.2) is 0 Å². The van der Waals surface area contributed by atoms with Crippen molar-refractivity contribution in [2.24, 2.45) is 17.8 Å². The summed E-state index contributed by atoms with van der Waals surface area (Å²) in [5.41, 5.74) is 6.44. The van der Waals surface area contributed by atoms with E-state index in [2.05, 4.69) is 80.8 Å². The van der Waals surface area contributed by atoms with Gasteiger partial charge in [-0.05, 0) is 73.1 Å². The average molecular weight is 441 g/mol. The van der Waals surface area contributed by atoms with E-state index in [1.807, 2.05) is 6.07 Å². The third kappa shape index (κ3) is 4.61. The Morgan fingerprint density at radius 2 is 1.85 bits per heavy atom. The second-order valence-electron chi connectivity index (χ2n) is 10.3. The maximum absolute atomic E-state index is 9.39. The van der Waals surface area contributed by atoms with Crippen molar-refractivity contribution >= 4 is 5.70 Å². The zero-order valence-corrected chi connectivity index (χ0v) is 20.8. The summed E-state index contributed by atoms with van der Waals surface area (Å²) < 4.78 is 0. The van der Waals surface area contributed by atoms with Crippen molar-refractivity contribution in [3.63, 3.8) is 0 Å². The number of nitrogens with zero attached hydrogens (tertiary/aromatic N) is 2. The fourth-order valence-electron chi connectivity index (χ4n) is 6.75. The molecule has 1 aliphatic carbocycles. The summed E-state index contributed by atoms with van der Waals surface area (Å²) in [5, 5.41) is 9.39. The lowest BCUT2D eigenvalue weighted by Crippen LogP contribution is -2.32. The van der Waals surface area contributed by atoms with E-state index < -0.39 is 0 Å². The Morgan fingerprint density at radius 3 is 2.55 bits per heavy atom. The Morgan fingerprint density at radius 1 is 1.09 bits per heavy atom. The number of piperidine rings is 1. The second-order valence-corrected chi connectivity index (χ2v) is 10.3. The molecular formula is C31H40N2. The van der Waals surface area contributed by atoms with Gasteiger partial charge < -0.3 is 4.90 Å². The zero-order valence-electron chi connectivity index (χ0n) is 20.8. The first-order valence-corrected chi connectivity index (χ1v) is 13.1. The minimum atomic E-state index is 0.292. The average Bonchev–Trinajstić information content (AvgIpc) is 3.45. The molecule has 1 aliphatic heterocycles. The van der Waals surface area contributed by atoms with E-state index in [4.69, 9.17) is 0 Å².